The van der Waals surface area contributed by atoms with Crippen LogP contribution in [0.25, 0.3) is 11.3 Å². The summed E-state index contributed by atoms with van der Waals surface area (Å²) < 4.78 is 0. The standard InChI is InChI=1S/C11H9NO.C8H3Cl3O2/c13-10-6-7-11(12-8-10)9-4-2-1-3-5-9;9-6-2-4(7(10)12)1-5(3-6)8(11)13/h1-8,13H;1-3H. The second-order valence-corrected chi connectivity index (χ2v) is 6.17. The van der Waals surface area contributed by atoms with Gasteiger partial charge in [0.2, 0.25) is 0 Å². The monoisotopic (exact) mass is 407 g/mol. The lowest BCUT2D eigenvalue weighted by molar-refractivity contribution is 0.108. The lowest BCUT2D eigenvalue weighted by Crippen LogP contribution is -1.94. The summed E-state index contributed by atoms with van der Waals surface area (Å²) in [5, 5.41) is 7.93. The summed E-state index contributed by atoms with van der Waals surface area (Å²) in [6.45, 7) is 0. The first kappa shape index (κ1) is 19.9. The first-order chi connectivity index (χ1) is 12.4. The van der Waals surface area contributed by atoms with Crippen LogP contribution in [-0.4, -0.2) is 20.6 Å². The number of aromatic nitrogens is 1. The topological polar surface area (TPSA) is 67.3 Å². The Kier molecular flexibility index (Phi) is 7.16. The van der Waals surface area contributed by atoms with E-state index in [-0.39, 0.29) is 21.9 Å². The van der Waals surface area contributed by atoms with Crippen molar-refractivity contribution in [3.63, 3.8) is 0 Å². The average Bonchev–Trinajstić information content (AvgIpc) is 2.63. The number of rotatable bonds is 3. The highest BCUT2D eigenvalue weighted by molar-refractivity contribution is 6.69. The second kappa shape index (κ2) is 9.34. The van der Waals surface area contributed by atoms with E-state index in [1.165, 1.54) is 24.4 Å². The highest BCUT2D eigenvalue weighted by Gasteiger charge is 2.08. The predicted octanol–water partition coefficient (Wildman–Crippen LogP) is 5.55. The summed E-state index contributed by atoms with van der Waals surface area (Å²) in [7, 11) is 0. The molecule has 0 amide bonds. The zero-order valence-corrected chi connectivity index (χ0v) is 15.5. The minimum atomic E-state index is -0.679. The van der Waals surface area contributed by atoms with Crippen molar-refractivity contribution in [1.29, 1.82) is 0 Å². The van der Waals surface area contributed by atoms with Crippen LogP contribution in [0.3, 0.4) is 0 Å². The third-order valence-corrected chi connectivity index (χ3v) is 3.82. The Hall–Kier alpha value is -2.40. The lowest BCUT2D eigenvalue weighted by Gasteiger charge is -1.99. The number of pyridine rings is 1. The summed E-state index contributed by atoms with van der Waals surface area (Å²) >= 11 is 16.0. The molecule has 7 heteroatoms. The van der Waals surface area contributed by atoms with Gasteiger partial charge in [0, 0.05) is 21.7 Å². The van der Waals surface area contributed by atoms with Gasteiger partial charge in [-0.15, -0.1) is 0 Å². The van der Waals surface area contributed by atoms with Gasteiger partial charge in [-0.2, -0.15) is 0 Å². The van der Waals surface area contributed by atoms with Gasteiger partial charge in [0.1, 0.15) is 5.75 Å². The van der Waals surface area contributed by atoms with Crippen molar-refractivity contribution in [1.82, 2.24) is 4.98 Å². The van der Waals surface area contributed by atoms with Crippen molar-refractivity contribution < 1.29 is 14.7 Å². The van der Waals surface area contributed by atoms with Gasteiger partial charge in [0.05, 0.1) is 11.9 Å². The van der Waals surface area contributed by atoms with Gasteiger partial charge in [0.15, 0.2) is 0 Å². The van der Waals surface area contributed by atoms with E-state index in [4.69, 9.17) is 39.9 Å². The second-order valence-electron chi connectivity index (χ2n) is 5.04. The molecule has 1 aromatic heterocycles. The van der Waals surface area contributed by atoms with Gasteiger partial charge in [0.25, 0.3) is 10.5 Å². The van der Waals surface area contributed by atoms with E-state index in [1.54, 1.807) is 12.1 Å². The number of aromatic hydroxyl groups is 1. The molecule has 0 saturated heterocycles. The first-order valence-electron chi connectivity index (χ1n) is 7.27. The Balaban J connectivity index is 0.000000187. The molecule has 1 N–H and O–H groups in total. The van der Waals surface area contributed by atoms with E-state index in [0.717, 1.165) is 11.3 Å². The predicted molar refractivity (Wildman–Crippen MR) is 103 cm³/mol. The molecule has 0 aliphatic heterocycles. The lowest BCUT2D eigenvalue weighted by atomic mass is 10.1. The fourth-order valence-electron chi connectivity index (χ4n) is 1.98. The molecule has 0 aliphatic carbocycles. The third kappa shape index (κ3) is 5.85. The van der Waals surface area contributed by atoms with Crippen LogP contribution in [0.1, 0.15) is 20.7 Å². The molecule has 0 atom stereocenters. The number of halogens is 3. The molecule has 0 spiro atoms. The van der Waals surface area contributed by atoms with Crippen molar-refractivity contribution in [2.45, 2.75) is 0 Å². The molecule has 0 aliphatic rings. The van der Waals surface area contributed by atoms with Gasteiger partial charge in [-0.25, -0.2) is 0 Å². The van der Waals surface area contributed by atoms with Crippen molar-refractivity contribution in [3.8, 4) is 17.0 Å². The largest absolute Gasteiger partial charge is 0.506 e. The SMILES string of the molecule is O=C(Cl)c1cc(Cl)cc(C(=O)Cl)c1.Oc1ccc(-c2ccccc2)nc1. The van der Waals surface area contributed by atoms with Crippen LogP contribution >= 0.6 is 34.8 Å². The van der Waals surface area contributed by atoms with E-state index in [2.05, 4.69) is 4.98 Å². The molecule has 26 heavy (non-hydrogen) atoms. The Bertz CT molecular complexity index is 881. The summed E-state index contributed by atoms with van der Waals surface area (Å²) in [4.78, 5) is 25.5. The summed E-state index contributed by atoms with van der Waals surface area (Å²) in [5.41, 5.74) is 2.23. The van der Waals surface area contributed by atoms with Crippen molar-refractivity contribution in [3.05, 3.63) is 83.0 Å². The fourth-order valence-corrected chi connectivity index (χ4v) is 2.44. The molecule has 2 aromatic carbocycles. The zero-order valence-electron chi connectivity index (χ0n) is 13.2. The normalized spacial score (nSPS) is 9.81. The molecule has 3 rings (SSSR count). The van der Waals surface area contributed by atoms with E-state index >= 15 is 0 Å². The maximum absolute atomic E-state index is 10.7. The summed E-state index contributed by atoms with van der Waals surface area (Å²) in [5.74, 6) is 0.194. The van der Waals surface area contributed by atoms with Crippen LogP contribution in [0, 0.1) is 0 Å². The van der Waals surface area contributed by atoms with Crippen LogP contribution in [0.15, 0.2) is 66.9 Å². The molecule has 132 valence electrons. The maximum Gasteiger partial charge on any atom is 0.252 e. The number of hydrogen-bond donors (Lipinski definition) is 1. The molecular formula is C19H12Cl3NO3. The Morgan fingerprint density at radius 1 is 0.846 bits per heavy atom. The molecule has 4 nitrogen and oxygen atoms in total. The van der Waals surface area contributed by atoms with E-state index in [1.807, 2.05) is 30.3 Å². The fraction of sp³-hybridized carbons (Fsp3) is 0. The van der Waals surface area contributed by atoms with Crippen molar-refractivity contribution in [2.75, 3.05) is 0 Å². The number of carbonyl (C=O) groups excluding carboxylic acids is 2. The molecule has 0 unspecified atom stereocenters. The average molecular weight is 409 g/mol. The number of nitrogens with zero attached hydrogens (tertiary/aromatic N) is 1. The third-order valence-electron chi connectivity index (χ3n) is 3.17. The van der Waals surface area contributed by atoms with Crippen LogP contribution < -0.4 is 0 Å². The van der Waals surface area contributed by atoms with E-state index in [0.29, 0.717) is 0 Å². The number of hydrogen-bond acceptors (Lipinski definition) is 4. The minimum Gasteiger partial charge on any atom is -0.506 e. The summed E-state index contributed by atoms with van der Waals surface area (Å²) in [6, 6.07) is 17.3. The van der Waals surface area contributed by atoms with Gasteiger partial charge < -0.3 is 5.11 Å². The Morgan fingerprint density at radius 2 is 1.42 bits per heavy atom. The van der Waals surface area contributed by atoms with Gasteiger partial charge in [-0.3, -0.25) is 14.6 Å². The quantitative estimate of drug-likeness (QED) is 0.577. The molecule has 0 bridgehead atoms. The Morgan fingerprint density at radius 3 is 1.88 bits per heavy atom. The van der Waals surface area contributed by atoms with Crippen molar-refractivity contribution in [2.24, 2.45) is 0 Å². The first-order valence-corrected chi connectivity index (χ1v) is 8.41. The summed E-state index contributed by atoms with van der Waals surface area (Å²) in [6.07, 6.45) is 1.45. The van der Waals surface area contributed by atoms with E-state index < -0.39 is 10.5 Å². The van der Waals surface area contributed by atoms with Crippen molar-refractivity contribution >= 4 is 45.3 Å². The molecule has 3 aromatic rings. The smallest absolute Gasteiger partial charge is 0.252 e. The minimum absolute atomic E-state index is 0.151. The molecular weight excluding hydrogens is 397 g/mol. The molecule has 1 heterocycles. The van der Waals surface area contributed by atoms with Crippen LogP contribution in [0.5, 0.6) is 5.75 Å². The van der Waals surface area contributed by atoms with Crippen LogP contribution in [0.2, 0.25) is 5.02 Å². The van der Waals surface area contributed by atoms with Gasteiger partial charge in [-0.1, -0.05) is 41.9 Å². The molecule has 0 radical (unpaired) electrons. The van der Waals surface area contributed by atoms with Crippen LogP contribution in [0.4, 0.5) is 0 Å². The number of carbonyl (C=O) groups is 2. The zero-order chi connectivity index (χ0) is 19.1. The van der Waals surface area contributed by atoms with Crippen LogP contribution in [-0.2, 0) is 0 Å². The highest BCUT2D eigenvalue weighted by Crippen LogP contribution is 2.18. The van der Waals surface area contributed by atoms with E-state index in [9.17, 15) is 9.59 Å². The highest BCUT2D eigenvalue weighted by atomic mass is 35.5. The van der Waals surface area contributed by atoms with Gasteiger partial charge in [-0.05, 0) is 53.5 Å². The molecule has 0 saturated carbocycles. The Labute approximate surface area is 165 Å². The molecule has 0 fully saturated rings. The maximum atomic E-state index is 10.7. The van der Waals surface area contributed by atoms with Gasteiger partial charge >= 0.3 is 0 Å². The number of benzene rings is 2.